The Hall–Kier alpha value is -3.77. The summed E-state index contributed by atoms with van der Waals surface area (Å²) in [6, 6.07) is 20.7. The fourth-order valence-corrected chi connectivity index (χ4v) is 3.86. The fraction of sp³-hybridized carbons (Fsp3) is 0.192. The number of pyridine rings is 2. The zero-order valence-corrected chi connectivity index (χ0v) is 17.5. The van der Waals surface area contributed by atoms with E-state index in [9.17, 15) is 4.79 Å². The molecule has 4 aromatic rings. The number of rotatable bonds is 6. The first-order valence-electron chi connectivity index (χ1n) is 10.7. The molecule has 3 heterocycles. The van der Waals surface area contributed by atoms with Crippen LogP contribution in [0.25, 0.3) is 22.2 Å². The molecule has 1 saturated heterocycles. The summed E-state index contributed by atoms with van der Waals surface area (Å²) in [6.45, 7) is 1.31. The Bertz CT molecular complexity index is 1240. The first-order valence-corrected chi connectivity index (χ1v) is 10.7. The minimum Gasteiger partial charge on any atom is -0.491 e. The number of para-hydroxylation sites is 1. The molecule has 0 aliphatic carbocycles. The number of ether oxygens (including phenoxy) is 2. The maximum absolute atomic E-state index is 13.3. The van der Waals surface area contributed by atoms with Crippen LogP contribution in [-0.2, 0) is 4.74 Å². The number of benzene rings is 2. The second kappa shape index (κ2) is 9.16. The van der Waals surface area contributed by atoms with Gasteiger partial charge in [0.15, 0.2) is 0 Å². The number of fused-ring (bicyclic) bond motifs is 1. The second-order valence-corrected chi connectivity index (χ2v) is 7.74. The van der Waals surface area contributed by atoms with Crippen molar-refractivity contribution in [3.63, 3.8) is 0 Å². The van der Waals surface area contributed by atoms with Crippen LogP contribution in [0.3, 0.4) is 0 Å². The molecule has 2 aromatic carbocycles. The van der Waals surface area contributed by atoms with Crippen LogP contribution in [0.1, 0.15) is 23.2 Å². The van der Waals surface area contributed by atoms with Gasteiger partial charge in [0.2, 0.25) is 0 Å². The number of amides is 1. The molecule has 0 radical (unpaired) electrons. The van der Waals surface area contributed by atoms with E-state index < -0.39 is 0 Å². The monoisotopic (exact) mass is 425 g/mol. The normalized spacial score (nSPS) is 15.6. The number of nitrogens with zero attached hydrogens (tertiary/aromatic N) is 2. The van der Waals surface area contributed by atoms with E-state index in [1.807, 2.05) is 66.7 Å². The number of carbonyl (C=O) groups excluding carboxylic acids is 1. The lowest BCUT2D eigenvalue weighted by atomic mass is 10.0. The molecule has 6 nitrogen and oxygen atoms in total. The van der Waals surface area contributed by atoms with Crippen molar-refractivity contribution < 1.29 is 14.3 Å². The molecule has 1 aliphatic rings. The third kappa shape index (κ3) is 4.45. The van der Waals surface area contributed by atoms with E-state index in [0.717, 1.165) is 41.6 Å². The number of hydrogen-bond acceptors (Lipinski definition) is 5. The molecule has 1 amide bonds. The summed E-state index contributed by atoms with van der Waals surface area (Å²) in [5, 5.41) is 3.81. The molecule has 2 aromatic heterocycles. The number of aromatic nitrogens is 2. The van der Waals surface area contributed by atoms with Crippen molar-refractivity contribution >= 4 is 22.5 Å². The first-order chi connectivity index (χ1) is 15.8. The van der Waals surface area contributed by atoms with Crippen molar-refractivity contribution in [2.75, 3.05) is 18.5 Å². The second-order valence-electron chi connectivity index (χ2n) is 7.74. The van der Waals surface area contributed by atoms with Crippen molar-refractivity contribution in [2.45, 2.75) is 18.9 Å². The Morgan fingerprint density at radius 1 is 1.06 bits per heavy atom. The van der Waals surface area contributed by atoms with Crippen molar-refractivity contribution in [3.05, 3.63) is 84.7 Å². The van der Waals surface area contributed by atoms with E-state index in [1.165, 1.54) is 0 Å². The molecule has 160 valence electrons. The molecular formula is C26H23N3O3. The van der Waals surface area contributed by atoms with Crippen molar-refractivity contribution in [1.29, 1.82) is 0 Å². The van der Waals surface area contributed by atoms with Crippen LogP contribution in [0.4, 0.5) is 5.69 Å². The smallest absolute Gasteiger partial charge is 0.256 e. The summed E-state index contributed by atoms with van der Waals surface area (Å²) in [7, 11) is 0. The third-order valence-corrected chi connectivity index (χ3v) is 5.49. The topological polar surface area (TPSA) is 73.3 Å². The van der Waals surface area contributed by atoms with Gasteiger partial charge in [0.05, 0.1) is 22.9 Å². The van der Waals surface area contributed by atoms with Crippen molar-refractivity contribution in [3.8, 4) is 17.0 Å². The molecule has 0 spiro atoms. The highest BCUT2D eigenvalue weighted by atomic mass is 16.5. The first kappa shape index (κ1) is 20.2. The van der Waals surface area contributed by atoms with E-state index in [1.54, 1.807) is 12.4 Å². The van der Waals surface area contributed by atoms with Gasteiger partial charge in [0, 0.05) is 41.7 Å². The predicted molar refractivity (Wildman–Crippen MR) is 124 cm³/mol. The molecule has 1 unspecified atom stereocenters. The maximum atomic E-state index is 13.3. The van der Waals surface area contributed by atoms with Gasteiger partial charge in [-0.3, -0.25) is 9.78 Å². The van der Waals surface area contributed by atoms with Crippen LogP contribution in [0, 0.1) is 0 Å². The summed E-state index contributed by atoms with van der Waals surface area (Å²) < 4.78 is 11.5. The number of anilines is 1. The van der Waals surface area contributed by atoms with E-state index in [-0.39, 0.29) is 12.0 Å². The summed E-state index contributed by atoms with van der Waals surface area (Å²) in [6.07, 6.45) is 5.67. The summed E-state index contributed by atoms with van der Waals surface area (Å²) in [4.78, 5) is 22.1. The van der Waals surface area contributed by atoms with Gasteiger partial charge in [0.1, 0.15) is 12.4 Å². The summed E-state index contributed by atoms with van der Waals surface area (Å²) in [5.74, 6) is 0.505. The predicted octanol–water partition coefficient (Wildman–Crippen LogP) is 5.11. The molecule has 0 saturated carbocycles. The molecule has 0 bridgehead atoms. The maximum Gasteiger partial charge on any atom is 0.256 e. The van der Waals surface area contributed by atoms with Gasteiger partial charge in [-0.2, -0.15) is 0 Å². The Kier molecular flexibility index (Phi) is 5.77. The van der Waals surface area contributed by atoms with Crippen LogP contribution in [-0.4, -0.2) is 35.2 Å². The lowest BCUT2D eigenvalue weighted by Crippen LogP contribution is -2.16. The quantitative estimate of drug-likeness (QED) is 0.465. The lowest BCUT2D eigenvalue weighted by molar-refractivity contribution is 0.0680. The van der Waals surface area contributed by atoms with Crippen LogP contribution in [0.15, 0.2) is 79.1 Å². The molecule has 1 atom stereocenters. The SMILES string of the molecule is O=C(Nc1cccc(OCC2CCCO2)c1)c1cc(-c2ccncc2)nc2ccccc12. The van der Waals surface area contributed by atoms with E-state index in [0.29, 0.717) is 23.6 Å². The van der Waals surface area contributed by atoms with Gasteiger partial charge in [-0.25, -0.2) is 4.98 Å². The fourth-order valence-electron chi connectivity index (χ4n) is 3.86. The van der Waals surface area contributed by atoms with Gasteiger partial charge >= 0.3 is 0 Å². The molecular weight excluding hydrogens is 402 g/mol. The van der Waals surface area contributed by atoms with Crippen LogP contribution < -0.4 is 10.1 Å². The van der Waals surface area contributed by atoms with Gasteiger partial charge < -0.3 is 14.8 Å². The van der Waals surface area contributed by atoms with Crippen LogP contribution in [0.5, 0.6) is 5.75 Å². The van der Waals surface area contributed by atoms with E-state index in [2.05, 4.69) is 10.3 Å². The zero-order valence-electron chi connectivity index (χ0n) is 17.5. The van der Waals surface area contributed by atoms with Crippen LogP contribution >= 0.6 is 0 Å². The van der Waals surface area contributed by atoms with E-state index in [4.69, 9.17) is 14.5 Å². The minimum atomic E-state index is -0.199. The van der Waals surface area contributed by atoms with E-state index >= 15 is 0 Å². The largest absolute Gasteiger partial charge is 0.491 e. The Labute approximate surface area is 186 Å². The third-order valence-electron chi connectivity index (χ3n) is 5.49. The molecule has 5 rings (SSSR count). The molecule has 32 heavy (non-hydrogen) atoms. The van der Waals surface area contributed by atoms with Crippen molar-refractivity contribution in [1.82, 2.24) is 9.97 Å². The van der Waals surface area contributed by atoms with Gasteiger partial charge in [-0.05, 0) is 49.2 Å². The summed E-state index contributed by atoms with van der Waals surface area (Å²) >= 11 is 0. The van der Waals surface area contributed by atoms with Gasteiger partial charge in [0.25, 0.3) is 5.91 Å². The standard InChI is InChI=1S/C26H23N3O3/c30-26(28-19-5-3-6-20(15-19)32-17-21-7-4-14-31-21)23-16-25(18-10-12-27-13-11-18)29-24-9-2-1-8-22(23)24/h1-3,5-6,8-13,15-16,21H,4,7,14,17H2,(H,28,30). The number of hydrogen-bond donors (Lipinski definition) is 1. The average molecular weight is 425 g/mol. The lowest BCUT2D eigenvalue weighted by Gasteiger charge is -2.13. The molecule has 6 heteroatoms. The average Bonchev–Trinajstić information content (AvgIpc) is 3.37. The van der Waals surface area contributed by atoms with Crippen molar-refractivity contribution in [2.24, 2.45) is 0 Å². The van der Waals surface area contributed by atoms with Crippen LogP contribution in [0.2, 0.25) is 0 Å². The zero-order chi connectivity index (χ0) is 21.8. The Morgan fingerprint density at radius 3 is 2.78 bits per heavy atom. The van der Waals surface area contributed by atoms with Gasteiger partial charge in [-0.1, -0.05) is 24.3 Å². The molecule has 1 N–H and O–H groups in total. The number of nitrogens with one attached hydrogen (secondary N) is 1. The Morgan fingerprint density at radius 2 is 1.94 bits per heavy atom. The molecule has 1 fully saturated rings. The highest BCUT2D eigenvalue weighted by Gasteiger charge is 2.17. The van der Waals surface area contributed by atoms with Gasteiger partial charge in [-0.15, -0.1) is 0 Å². The highest BCUT2D eigenvalue weighted by molar-refractivity contribution is 6.13. The highest BCUT2D eigenvalue weighted by Crippen LogP contribution is 2.26. The Balaban J connectivity index is 1.40. The molecule has 1 aliphatic heterocycles. The summed E-state index contributed by atoms with van der Waals surface area (Å²) in [5.41, 5.74) is 3.63. The minimum absolute atomic E-state index is 0.142. The number of carbonyl (C=O) groups is 1.